The highest BCUT2D eigenvalue weighted by atomic mass is 16.3. The van der Waals surface area contributed by atoms with Gasteiger partial charge in [0.25, 0.3) is 0 Å². The van der Waals surface area contributed by atoms with Crippen LogP contribution in [0.5, 0.6) is 0 Å². The van der Waals surface area contributed by atoms with E-state index in [9.17, 15) is 15.0 Å². The van der Waals surface area contributed by atoms with Crippen LogP contribution in [-0.2, 0) is 4.79 Å². The van der Waals surface area contributed by atoms with Gasteiger partial charge in [0.05, 0.1) is 18.8 Å². The van der Waals surface area contributed by atoms with E-state index in [-0.39, 0.29) is 12.5 Å². The van der Waals surface area contributed by atoms with Gasteiger partial charge in [-0.1, -0.05) is 436 Å². The van der Waals surface area contributed by atoms with Gasteiger partial charge in [-0.25, -0.2) is 0 Å². The zero-order valence-corrected chi connectivity index (χ0v) is 59.1. The fourth-order valence-corrected chi connectivity index (χ4v) is 13.0. The van der Waals surface area contributed by atoms with Crippen LogP contribution in [0, 0.1) is 0 Å². The molecule has 2 atom stereocenters. The molecule has 0 bridgehead atoms. The lowest BCUT2D eigenvalue weighted by Crippen LogP contribution is -2.45. The average molecular weight is 1210 g/mol. The van der Waals surface area contributed by atoms with Crippen molar-refractivity contribution in [3.63, 3.8) is 0 Å². The van der Waals surface area contributed by atoms with Crippen LogP contribution in [0.25, 0.3) is 0 Å². The van der Waals surface area contributed by atoms with Crippen LogP contribution in [-0.4, -0.2) is 34.9 Å². The Balaban J connectivity index is 3.39. The number of amides is 1. The molecule has 510 valence electrons. The van der Waals surface area contributed by atoms with Crippen LogP contribution in [0.15, 0.2) is 36.5 Å². The first-order valence-electron chi connectivity index (χ1n) is 40.2. The Kier molecular flexibility index (Phi) is 76.6. The standard InChI is InChI=1S/C82H159NO3/c1-3-5-7-9-11-13-15-17-19-21-23-25-27-29-31-33-35-37-38-39-40-41-42-43-44-46-48-50-52-54-56-58-60-62-64-66-68-70-72-74-76-78-82(86)83-80(79-84)81(85)77-75-73-71-69-67-65-63-61-59-57-55-53-51-49-47-45-36-34-32-30-28-26-24-22-20-18-16-14-12-10-8-6-4-2/h21,23,67,69,75,77,80-81,84-85H,3-20,22,24-66,68,70-74,76,78-79H2,1-2H3,(H,83,86)/b23-21-,69-67+,77-75+. The number of carbonyl (C=O) groups excluding carboxylic acids is 1. The maximum Gasteiger partial charge on any atom is 0.220 e. The molecule has 0 fully saturated rings. The second kappa shape index (κ2) is 77.9. The summed E-state index contributed by atoms with van der Waals surface area (Å²) < 4.78 is 0. The number of hydrogen-bond donors (Lipinski definition) is 3. The molecule has 0 aromatic carbocycles. The highest BCUT2D eigenvalue weighted by Gasteiger charge is 2.18. The molecule has 0 saturated carbocycles. The molecule has 0 rings (SSSR count). The van der Waals surface area contributed by atoms with Crippen LogP contribution in [0.3, 0.4) is 0 Å². The topological polar surface area (TPSA) is 69.6 Å². The van der Waals surface area contributed by atoms with E-state index in [1.807, 2.05) is 6.08 Å². The summed E-state index contributed by atoms with van der Waals surface area (Å²) in [5.41, 5.74) is 0. The van der Waals surface area contributed by atoms with Crippen LogP contribution in [0.4, 0.5) is 0 Å². The highest BCUT2D eigenvalue weighted by Crippen LogP contribution is 2.20. The minimum Gasteiger partial charge on any atom is -0.394 e. The number of aliphatic hydroxyl groups excluding tert-OH is 2. The van der Waals surface area contributed by atoms with Crippen molar-refractivity contribution in [1.29, 1.82) is 0 Å². The minimum absolute atomic E-state index is 0.0635. The van der Waals surface area contributed by atoms with E-state index in [0.717, 1.165) is 32.1 Å². The first-order valence-corrected chi connectivity index (χ1v) is 40.2. The molecule has 3 N–H and O–H groups in total. The Morgan fingerprint density at radius 3 is 0.674 bits per heavy atom. The summed E-state index contributed by atoms with van der Waals surface area (Å²) in [5, 5.41) is 23.3. The zero-order valence-electron chi connectivity index (χ0n) is 59.1. The van der Waals surface area contributed by atoms with Gasteiger partial charge in [0.1, 0.15) is 0 Å². The van der Waals surface area contributed by atoms with Gasteiger partial charge in [0, 0.05) is 6.42 Å². The molecule has 4 heteroatoms. The summed E-state index contributed by atoms with van der Waals surface area (Å²) in [6, 6.07) is -0.640. The van der Waals surface area contributed by atoms with Crippen molar-refractivity contribution in [1.82, 2.24) is 5.32 Å². The number of allylic oxidation sites excluding steroid dienone is 5. The number of carbonyl (C=O) groups is 1. The number of hydrogen-bond acceptors (Lipinski definition) is 3. The third kappa shape index (κ3) is 73.3. The molecule has 0 aromatic rings. The van der Waals surface area contributed by atoms with E-state index in [1.165, 1.54) is 411 Å². The van der Waals surface area contributed by atoms with Crippen molar-refractivity contribution in [2.75, 3.05) is 6.61 Å². The Morgan fingerprint density at radius 1 is 0.267 bits per heavy atom. The molecular weight excluding hydrogens is 1050 g/mol. The molecule has 1 amide bonds. The minimum atomic E-state index is -0.863. The Bertz CT molecular complexity index is 1320. The Hall–Kier alpha value is -1.39. The fourth-order valence-electron chi connectivity index (χ4n) is 13.0. The fraction of sp³-hybridized carbons (Fsp3) is 0.915. The largest absolute Gasteiger partial charge is 0.394 e. The van der Waals surface area contributed by atoms with Gasteiger partial charge in [-0.05, 0) is 57.8 Å². The highest BCUT2D eigenvalue weighted by molar-refractivity contribution is 5.76. The number of rotatable bonds is 76. The lowest BCUT2D eigenvalue weighted by molar-refractivity contribution is -0.123. The maximum atomic E-state index is 12.6. The molecule has 0 aliphatic rings. The zero-order chi connectivity index (χ0) is 61.9. The number of nitrogens with one attached hydrogen (secondary N) is 1. The Morgan fingerprint density at radius 2 is 0.453 bits per heavy atom. The van der Waals surface area contributed by atoms with Gasteiger partial charge in [-0.15, -0.1) is 0 Å². The molecule has 2 unspecified atom stereocenters. The van der Waals surface area contributed by atoms with Gasteiger partial charge in [-0.2, -0.15) is 0 Å². The second-order valence-corrected chi connectivity index (χ2v) is 27.8. The first-order chi connectivity index (χ1) is 42.7. The third-order valence-corrected chi connectivity index (χ3v) is 19.1. The summed E-state index contributed by atoms with van der Waals surface area (Å²) in [6.07, 6.45) is 109. The molecule has 0 saturated heterocycles. The van der Waals surface area contributed by atoms with Crippen LogP contribution >= 0.6 is 0 Å². The van der Waals surface area contributed by atoms with Gasteiger partial charge < -0.3 is 15.5 Å². The monoisotopic (exact) mass is 1210 g/mol. The molecule has 0 spiro atoms. The van der Waals surface area contributed by atoms with E-state index >= 15 is 0 Å². The quantitative estimate of drug-likeness (QED) is 0.0420. The summed E-state index contributed by atoms with van der Waals surface area (Å²) >= 11 is 0. The predicted octanol–water partition coefficient (Wildman–Crippen LogP) is 27.8. The van der Waals surface area contributed by atoms with Crippen molar-refractivity contribution < 1.29 is 15.0 Å². The van der Waals surface area contributed by atoms with Crippen LogP contribution in [0.1, 0.15) is 463 Å². The van der Waals surface area contributed by atoms with Gasteiger partial charge in [-0.3, -0.25) is 4.79 Å². The van der Waals surface area contributed by atoms with Gasteiger partial charge >= 0.3 is 0 Å². The molecule has 0 aliphatic heterocycles. The van der Waals surface area contributed by atoms with Crippen molar-refractivity contribution in [2.24, 2.45) is 0 Å². The lowest BCUT2D eigenvalue weighted by Gasteiger charge is -2.19. The van der Waals surface area contributed by atoms with E-state index in [4.69, 9.17) is 0 Å². The van der Waals surface area contributed by atoms with Crippen molar-refractivity contribution >= 4 is 5.91 Å². The van der Waals surface area contributed by atoms with Crippen molar-refractivity contribution in [3.05, 3.63) is 36.5 Å². The van der Waals surface area contributed by atoms with Gasteiger partial charge in [0.15, 0.2) is 0 Å². The first kappa shape index (κ1) is 84.6. The summed E-state index contributed by atoms with van der Waals surface area (Å²) in [4.78, 5) is 12.6. The molecule has 86 heavy (non-hydrogen) atoms. The second-order valence-electron chi connectivity index (χ2n) is 27.8. The Labute approximate surface area is 542 Å². The molecule has 4 nitrogen and oxygen atoms in total. The summed E-state index contributed by atoms with van der Waals surface area (Å²) in [6.45, 7) is 4.35. The lowest BCUT2D eigenvalue weighted by atomic mass is 10.0. The van der Waals surface area contributed by atoms with E-state index < -0.39 is 12.1 Å². The van der Waals surface area contributed by atoms with Crippen LogP contribution < -0.4 is 5.32 Å². The molecule has 0 heterocycles. The van der Waals surface area contributed by atoms with Crippen molar-refractivity contribution in [3.8, 4) is 0 Å². The van der Waals surface area contributed by atoms with Crippen LogP contribution in [0.2, 0.25) is 0 Å². The van der Waals surface area contributed by atoms with E-state index in [2.05, 4.69) is 43.5 Å². The molecular formula is C82H159NO3. The average Bonchev–Trinajstić information content (AvgIpc) is 3.59. The van der Waals surface area contributed by atoms with Crippen molar-refractivity contribution in [2.45, 2.75) is 475 Å². The van der Waals surface area contributed by atoms with E-state index in [0.29, 0.717) is 6.42 Å². The number of aliphatic hydroxyl groups is 2. The molecule has 0 aromatic heterocycles. The summed E-state index contributed by atoms with van der Waals surface area (Å²) in [7, 11) is 0. The number of unbranched alkanes of at least 4 members (excludes halogenated alkanes) is 65. The SMILES string of the molecule is CCCCCCCCCC/C=C\CCCCCCCCCCCCCCCCCCCCCCCCCCCCCCCC(=O)NC(CO)C(O)/C=C/CC/C=C/CCCCCCCCCCCCCCCCCCCCCCCCCCCCC. The molecule has 0 aliphatic carbocycles. The van der Waals surface area contributed by atoms with E-state index in [1.54, 1.807) is 6.08 Å². The normalized spacial score (nSPS) is 12.7. The maximum absolute atomic E-state index is 12.6. The smallest absolute Gasteiger partial charge is 0.220 e. The molecule has 0 radical (unpaired) electrons. The third-order valence-electron chi connectivity index (χ3n) is 19.1. The predicted molar refractivity (Wildman–Crippen MR) is 387 cm³/mol. The van der Waals surface area contributed by atoms with Gasteiger partial charge in [0.2, 0.25) is 5.91 Å². The summed E-state index contributed by atoms with van der Waals surface area (Å²) in [5.74, 6) is -0.0635.